The van der Waals surface area contributed by atoms with Crippen LogP contribution in [0.1, 0.15) is 35.1 Å². The average Bonchev–Trinajstić information content (AvgIpc) is 3.04. The summed E-state index contributed by atoms with van der Waals surface area (Å²) < 4.78 is 18.7. The van der Waals surface area contributed by atoms with Gasteiger partial charge in [0.05, 0.1) is 13.5 Å². The Kier molecular flexibility index (Phi) is 4.97. The van der Waals surface area contributed by atoms with Crippen LogP contribution < -0.4 is 4.74 Å². The van der Waals surface area contributed by atoms with Gasteiger partial charge in [0, 0.05) is 30.4 Å². The van der Waals surface area contributed by atoms with Crippen LogP contribution >= 0.6 is 0 Å². The number of hydrogen-bond acceptors (Lipinski definition) is 4. The highest BCUT2D eigenvalue weighted by atomic mass is 19.1. The second kappa shape index (κ2) is 7.17. The SMILES string of the molecule is COc1ccc(CC(=O)N2CCC(c3nc(C)cc(C)n3)C2)cc1F. The van der Waals surface area contributed by atoms with Crippen LogP contribution in [0.5, 0.6) is 5.75 Å². The summed E-state index contributed by atoms with van der Waals surface area (Å²) in [6.07, 6.45) is 1.03. The van der Waals surface area contributed by atoms with Gasteiger partial charge >= 0.3 is 0 Å². The van der Waals surface area contributed by atoms with Gasteiger partial charge in [0.1, 0.15) is 5.82 Å². The lowest BCUT2D eigenvalue weighted by atomic mass is 10.1. The lowest BCUT2D eigenvalue weighted by Crippen LogP contribution is -2.30. The molecule has 1 unspecified atom stereocenters. The molecule has 1 saturated heterocycles. The monoisotopic (exact) mass is 343 g/mol. The Bertz CT molecular complexity index is 774. The Labute approximate surface area is 146 Å². The van der Waals surface area contributed by atoms with E-state index >= 15 is 0 Å². The summed E-state index contributed by atoms with van der Waals surface area (Å²) in [7, 11) is 1.42. The number of nitrogens with zero attached hydrogens (tertiary/aromatic N) is 3. The fourth-order valence-electron chi connectivity index (χ4n) is 3.24. The van der Waals surface area contributed by atoms with Crippen LogP contribution in [0.2, 0.25) is 0 Å². The van der Waals surface area contributed by atoms with Crippen LogP contribution in [0, 0.1) is 19.7 Å². The number of likely N-dealkylation sites (tertiary alicyclic amines) is 1. The number of ether oxygens (including phenoxy) is 1. The van der Waals surface area contributed by atoms with Crippen LogP contribution in [-0.2, 0) is 11.2 Å². The van der Waals surface area contributed by atoms with Crippen molar-refractivity contribution in [1.29, 1.82) is 0 Å². The van der Waals surface area contributed by atoms with Crippen LogP contribution in [-0.4, -0.2) is 41.0 Å². The van der Waals surface area contributed by atoms with E-state index in [1.807, 2.05) is 24.8 Å². The van der Waals surface area contributed by atoms with Gasteiger partial charge in [0.15, 0.2) is 11.6 Å². The van der Waals surface area contributed by atoms with Gasteiger partial charge in [-0.25, -0.2) is 14.4 Å². The van der Waals surface area contributed by atoms with Crippen LogP contribution in [0.15, 0.2) is 24.3 Å². The summed E-state index contributed by atoms with van der Waals surface area (Å²) in [5, 5.41) is 0. The predicted octanol–water partition coefficient (Wildman–Crippen LogP) is 2.80. The molecular weight excluding hydrogens is 321 g/mol. The summed E-state index contributed by atoms with van der Waals surface area (Å²) in [4.78, 5) is 23.4. The van der Waals surface area contributed by atoms with E-state index in [4.69, 9.17) is 4.74 Å². The van der Waals surface area contributed by atoms with Crippen molar-refractivity contribution in [2.24, 2.45) is 0 Å². The van der Waals surface area contributed by atoms with E-state index in [0.717, 1.165) is 23.6 Å². The molecular formula is C19H22FN3O2. The molecule has 1 aliphatic rings. The lowest BCUT2D eigenvalue weighted by Gasteiger charge is -2.17. The van der Waals surface area contributed by atoms with Gasteiger partial charge in [-0.05, 0) is 44.0 Å². The summed E-state index contributed by atoms with van der Waals surface area (Å²) in [5.41, 5.74) is 2.54. The molecule has 3 rings (SSSR count). The molecule has 1 fully saturated rings. The Morgan fingerprint density at radius 1 is 1.28 bits per heavy atom. The molecule has 1 aromatic heterocycles. The molecule has 2 heterocycles. The predicted molar refractivity (Wildman–Crippen MR) is 92.1 cm³/mol. The van der Waals surface area contributed by atoms with Crippen molar-refractivity contribution in [2.75, 3.05) is 20.2 Å². The third-order valence-corrected chi connectivity index (χ3v) is 4.48. The molecule has 0 aliphatic carbocycles. The minimum Gasteiger partial charge on any atom is -0.494 e. The molecule has 25 heavy (non-hydrogen) atoms. The summed E-state index contributed by atoms with van der Waals surface area (Å²) in [6, 6.07) is 6.57. The highest BCUT2D eigenvalue weighted by Crippen LogP contribution is 2.26. The lowest BCUT2D eigenvalue weighted by molar-refractivity contribution is -0.129. The molecule has 0 spiro atoms. The molecule has 1 atom stereocenters. The molecule has 2 aromatic rings. The van der Waals surface area contributed by atoms with E-state index in [0.29, 0.717) is 18.7 Å². The Balaban J connectivity index is 1.65. The van der Waals surface area contributed by atoms with Crippen molar-refractivity contribution < 1.29 is 13.9 Å². The van der Waals surface area contributed by atoms with Crippen molar-refractivity contribution in [3.8, 4) is 5.75 Å². The Morgan fingerprint density at radius 3 is 2.64 bits per heavy atom. The molecule has 0 radical (unpaired) electrons. The summed E-state index contributed by atoms with van der Waals surface area (Å²) >= 11 is 0. The van der Waals surface area contributed by atoms with E-state index in [-0.39, 0.29) is 24.0 Å². The maximum Gasteiger partial charge on any atom is 0.227 e. The fourth-order valence-corrected chi connectivity index (χ4v) is 3.24. The smallest absolute Gasteiger partial charge is 0.227 e. The van der Waals surface area contributed by atoms with Gasteiger partial charge in [-0.15, -0.1) is 0 Å². The standard InChI is InChI=1S/C19H22FN3O2/c1-12-8-13(2)22-19(21-12)15-6-7-23(11-15)18(24)10-14-4-5-17(25-3)16(20)9-14/h4-5,8-9,15H,6-7,10-11H2,1-3H3. The summed E-state index contributed by atoms with van der Waals surface area (Å²) in [6.45, 7) is 5.20. The van der Waals surface area contributed by atoms with E-state index < -0.39 is 5.82 Å². The van der Waals surface area contributed by atoms with Crippen molar-refractivity contribution in [2.45, 2.75) is 32.6 Å². The van der Waals surface area contributed by atoms with Crippen molar-refractivity contribution in [3.05, 3.63) is 52.9 Å². The molecule has 1 aliphatic heterocycles. The van der Waals surface area contributed by atoms with Crippen molar-refractivity contribution in [3.63, 3.8) is 0 Å². The van der Waals surface area contributed by atoms with Crippen LogP contribution in [0.3, 0.4) is 0 Å². The molecule has 0 saturated carbocycles. The second-order valence-electron chi connectivity index (χ2n) is 6.48. The zero-order valence-corrected chi connectivity index (χ0v) is 14.8. The highest BCUT2D eigenvalue weighted by molar-refractivity contribution is 5.79. The largest absolute Gasteiger partial charge is 0.494 e. The van der Waals surface area contributed by atoms with E-state index in [1.165, 1.54) is 13.2 Å². The number of aromatic nitrogens is 2. The first kappa shape index (κ1) is 17.3. The molecule has 0 N–H and O–H groups in total. The number of methoxy groups -OCH3 is 1. The number of halogens is 1. The quantitative estimate of drug-likeness (QED) is 0.857. The first-order valence-electron chi connectivity index (χ1n) is 8.38. The summed E-state index contributed by atoms with van der Waals surface area (Å²) in [5.74, 6) is 0.704. The molecule has 1 aromatic carbocycles. The maximum atomic E-state index is 13.8. The molecule has 6 heteroatoms. The van der Waals surface area contributed by atoms with E-state index in [1.54, 1.807) is 12.1 Å². The first-order chi connectivity index (χ1) is 12.0. The first-order valence-corrected chi connectivity index (χ1v) is 8.38. The van der Waals surface area contributed by atoms with Crippen molar-refractivity contribution >= 4 is 5.91 Å². The second-order valence-corrected chi connectivity index (χ2v) is 6.48. The number of benzene rings is 1. The number of carbonyl (C=O) groups is 1. The van der Waals surface area contributed by atoms with E-state index in [2.05, 4.69) is 9.97 Å². The zero-order valence-electron chi connectivity index (χ0n) is 14.8. The van der Waals surface area contributed by atoms with Crippen LogP contribution in [0.25, 0.3) is 0 Å². The fraction of sp³-hybridized carbons (Fsp3) is 0.421. The van der Waals surface area contributed by atoms with Gasteiger partial charge in [-0.2, -0.15) is 0 Å². The molecule has 0 bridgehead atoms. The number of aryl methyl sites for hydroxylation is 2. The van der Waals surface area contributed by atoms with Crippen LogP contribution in [0.4, 0.5) is 4.39 Å². The number of hydrogen-bond donors (Lipinski definition) is 0. The Hall–Kier alpha value is -2.50. The molecule has 132 valence electrons. The number of carbonyl (C=O) groups excluding carboxylic acids is 1. The number of amides is 1. The van der Waals surface area contributed by atoms with E-state index in [9.17, 15) is 9.18 Å². The average molecular weight is 343 g/mol. The maximum absolute atomic E-state index is 13.8. The van der Waals surface area contributed by atoms with Gasteiger partial charge in [0.2, 0.25) is 5.91 Å². The van der Waals surface area contributed by atoms with Gasteiger partial charge in [0.25, 0.3) is 0 Å². The zero-order chi connectivity index (χ0) is 18.0. The molecule has 5 nitrogen and oxygen atoms in total. The molecule has 1 amide bonds. The normalized spacial score (nSPS) is 17.0. The van der Waals surface area contributed by atoms with Gasteiger partial charge in [-0.1, -0.05) is 6.07 Å². The highest BCUT2D eigenvalue weighted by Gasteiger charge is 2.29. The van der Waals surface area contributed by atoms with Gasteiger partial charge < -0.3 is 9.64 Å². The minimum atomic E-state index is -0.448. The third kappa shape index (κ3) is 3.95. The van der Waals surface area contributed by atoms with Gasteiger partial charge in [-0.3, -0.25) is 4.79 Å². The topological polar surface area (TPSA) is 55.3 Å². The number of rotatable bonds is 4. The minimum absolute atomic E-state index is 0.00329. The third-order valence-electron chi connectivity index (χ3n) is 4.48. The van der Waals surface area contributed by atoms with Crippen molar-refractivity contribution in [1.82, 2.24) is 14.9 Å². The Morgan fingerprint density at radius 2 is 2.00 bits per heavy atom.